The third-order valence-corrected chi connectivity index (χ3v) is 3.84. The fourth-order valence-corrected chi connectivity index (χ4v) is 2.62. The number of para-hydroxylation sites is 2. The second kappa shape index (κ2) is 8.27. The lowest BCUT2D eigenvalue weighted by molar-refractivity contribution is 0.342. The molecule has 3 rings (SSSR count). The van der Waals surface area contributed by atoms with Gasteiger partial charge < -0.3 is 25.3 Å². The maximum absolute atomic E-state index is 6.00. The Morgan fingerprint density at radius 3 is 2.44 bits per heavy atom. The van der Waals surface area contributed by atoms with E-state index in [0.29, 0.717) is 35.6 Å². The summed E-state index contributed by atoms with van der Waals surface area (Å²) in [6.07, 6.45) is 0. The minimum absolute atomic E-state index is 0.353. The van der Waals surface area contributed by atoms with E-state index in [1.807, 2.05) is 43.3 Å². The zero-order valence-corrected chi connectivity index (χ0v) is 15.5. The van der Waals surface area contributed by atoms with Gasteiger partial charge in [-0.3, -0.25) is 0 Å². The van der Waals surface area contributed by atoms with Gasteiger partial charge in [0, 0.05) is 11.6 Å². The monoisotopic (exact) mass is 366 g/mol. The first-order valence-electron chi connectivity index (χ1n) is 8.50. The fraction of sp³-hybridized carbons (Fsp3) is 0.200. The summed E-state index contributed by atoms with van der Waals surface area (Å²) >= 11 is 0. The van der Waals surface area contributed by atoms with Crippen molar-refractivity contribution < 1.29 is 14.2 Å². The number of aromatic nitrogens is 2. The van der Waals surface area contributed by atoms with E-state index in [1.54, 1.807) is 26.4 Å². The second-order valence-corrected chi connectivity index (χ2v) is 5.63. The van der Waals surface area contributed by atoms with Crippen molar-refractivity contribution in [1.82, 2.24) is 9.97 Å². The lowest BCUT2D eigenvalue weighted by Gasteiger charge is -2.13. The van der Waals surface area contributed by atoms with Gasteiger partial charge in [0.1, 0.15) is 17.4 Å². The van der Waals surface area contributed by atoms with Crippen molar-refractivity contribution in [3.63, 3.8) is 0 Å². The molecule has 0 radical (unpaired) electrons. The van der Waals surface area contributed by atoms with Crippen LogP contribution in [0.2, 0.25) is 0 Å². The summed E-state index contributed by atoms with van der Waals surface area (Å²) in [5, 5.41) is 3.25. The number of hydrogen-bond donors (Lipinski definition) is 2. The highest BCUT2D eigenvalue weighted by molar-refractivity contribution is 5.69. The quantitative estimate of drug-likeness (QED) is 0.655. The number of hydrogen-bond acceptors (Lipinski definition) is 7. The Labute approximate surface area is 158 Å². The van der Waals surface area contributed by atoms with Crippen LogP contribution >= 0.6 is 0 Å². The molecule has 0 bridgehead atoms. The highest BCUT2D eigenvalue weighted by atomic mass is 16.5. The van der Waals surface area contributed by atoms with Gasteiger partial charge in [-0.2, -0.15) is 0 Å². The molecule has 7 heteroatoms. The molecule has 1 aromatic heterocycles. The van der Waals surface area contributed by atoms with Gasteiger partial charge in [-0.25, -0.2) is 9.97 Å². The summed E-state index contributed by atoms with van der Waals surface area (Å²) < 4.78 is 16.3. The van der Waals surface area contributed by atoms with Gasteiger partial charge in [0.2, 0.25) is 0 Å². The average Bonchev–Trinajstić information content (AvgIpc) is 2.68. The van der Waals surface area contributed by atoms with E-state index < -0.39 is 0 Å². The van der Waals surface area contributed by atoms with Crippen molar-refractivity contribution in [2.75, 3.05) is 31.9 Å². The van der Waals surface area contributed by atoms with Crippen LogP contribution < -0.4 is 25.3 Å². The van der Waals surface area contributed by atoms with Crippen LogP contribution in [0.1, 0.15) is 6.92 Å². The molecule has 0 unspecified atom stereocenters. The number of benzene rings is 2. The molecule has 0 atom stereocenters. The summed E-state index contributed by atoms with van der Waals surface area (Å²) in [6.45, 7) is 2.51. The SMILES string of the molecule is CCOc1ccccc1Nc1cc(N)nc(-c2ccc(OC)c(OC)c2)n1. The van der Waals surface area contributed by atoms with Gasteiger partial charge in [0.05, 0.1) is 26.5 Å². The number of ether oxygens (including phenoxy) is 3. The van der Waals surface area contributed by atoms with Gasteiger partial charge >= 0.3 is 0 Å². The van der Waals surface area contributed by atoms with Crippen LogP contribution in [0.4, 0.5) is 17.3 Å². The molecule has 0 aliphatic rings. The topological polar surface area (TPSA) is 91.5 Å². The molecule has 1 heterocycles. The van der Waals surface area contributed by atoms with Crippen molar-refractivity contribution in [3.05, 3.63) is 48.5 Å². The number of nitrogen functional groups attached to an aromatic ring is 1. The molecular formula is C20H22N4O3. The molecule has 0 aliphatic carbocycles. The van der Waals surface area contributed by atoms with Crippen molar-refractivity contribution in [1.29, 1.82) is 0 Å². The molecule has 0 aliphatic heterocycles. The van der Waals surface area contributed by atoms with E-state index in [4.69, 9.17) is 19.9 Å². The van der Waals surface area contributed by atoms with Crippen LogP contribution in [-0.4, -0.2) is 30.8 Å². The zero-order valence-electron chi connectivity index (χ0n) is 15.5. The molecule has 2 aromatic carbocycles. The fourth-order valence-electron chi connectivity index (χ4n) is 2.62. The van der Waals surface area contributed by atoms with Gasteiger partial charge in [0.25, 0.3) is 0 Å². The predicted octanol–water partition coefficient (Wildman–Crippen LogP) is 3.89. The van der Waals surface area contributed by atoms with Crippen molar-refractivity contribution in [2.24, 2.45) is 0 Å². The van der Waals surface area contributed by atoms with Crippen molar-refractivity contribution >= 4 is 17.3 Å². The Morgan fingerprint density at radius 2 is 1.70 bits per heavy atom. The lowest BCUT2D eigenvalue weighted by atomic mass is 10.2. The Bertz CT molecular complexity index is 931. The van der Waals surface area contributed by atoms with E-state index >= 15 is 0 Å². The molecule has 0 amide bonds. The Balaban J connectivity index is 1.96. The molecule has 7 nitrogen and oxygen atoms in total. The van der Waals surface area contributed by atoms with Crippen LogP contribution in [0, 0.1) is 0 Å². The Kier molecular flexibility index (Phi) is 5.61. The number of nitrogens with zero attached hydrogens (tertiary/aromatic N) is 2. The van der Waals surface area contributed by atoms with Gasteiger partial charge in [-0.15, -0.1) is 0 Å². The van der Waals surface area contributed by atoms with Crippen molar-refractivity contribution in [2.45, 2.75) is 6.92 Å². The summed E-state index contributed by atoms with van der Waals surface area (Å²) in [5.41, 5.74) is 7.56. The normalized spacial score (nSPS) is 10.3. The smallest absolute Gasteiger partial charge is 0.163 e. The Morgan fingerprint density at radius 1 is 0.926 bits per heavy atom. The summed E-state index contributed by atoms with van der Waals surface area (Å²) in [7, 11) is 3.17. The van der Waals surface area contributed by atoms with Crippen LogP contribution in [0.3, 0.4) is 0 Å². The molecule has 0 fully saturated rings. The Hall–Kier alpha value is -3.48. The van der Waals surface area contributed by atoms with Crippen LogP contribution in [-0.2, 0) is 0 Å². The average molecular weight is 366 g/mol. The van der Waals surface area contributed by atoms with E-state index in [9.17, 15) is 0 Å². The lowest BCUT2D eigenvalue weighted by Crippen LogP contribution is -2.03. The first-order chi connectivity index (χ1) is 13.1. The molecule has 140 valence electrons. The zero-order chi connectivity index (χ0) is 19.2. The van der Waals surface area contributed by atoms with Gasteiger partial charge in [-0.1, -0.05) is 12.1 Å². The highest BCUT2D eigenvalue weighted by Crippen LogP contribution is 2.32. The second-order valence-electron chi connectivity index (χ2n) is 5.63. The van der Waals surface area contributed by atoms with E-state index in [-0.39, 0.29) is 0 Å². The third-order valence-electron chi connectivity index (χ3n) is 3.84. The largest absolute Gasteiger partial charge is 0.493 e. The first-order valence-corrected chi connectivity index (χ1v) is 8.50. The molecule has 3 N–H and O–H groups in total. The molecule has 27 heavy (non-hydrogen) atoms. The van der Waals surface area contributed by atoms with E-state index in [0.717, 1.165) is 17.0 Å². The maximum atomic E-state index is 6.00. The first kappa shape index (κ1) is 18.3. The maximum Gasteiger partial charge on any atom is 0.163 e. The minimum Gasteiger partial charge on any atom is -0.493 e. The predicted molar refractivity (Wildman–Crippen MR) is 106 cm³/mol. The number of rotatable bonds is 7. The van der Waals surface area contributed by atoms with Gasteiger partial charge in [0.15, 0.2) is 17.3 Å². The standard InChI is InChI=1S/C20H22N4O3/c1-4-27-15-8-6-5-7-14(15)22-19-12-18(21)23-20(24-19)13-9-10-16(25-2)17(11-13)26-3/h5-12H,4H2,1-3H3,(H3,21,22,23,24). The number of nitrogens with one attached hydrogen (secondary N) is 1. The molecule has 0 spiro atoms. The number of methoxy groups -OCH3 is 2. The van der Waals surface area contributed by atoms with E-state index in [2.05, 4.69) is 15.3 Å². The third kappa shape index (κ3) is 4.20. The van der Waals surface area contributed by atoms with Gasteiger partial charge in [-0.05, 0) is 37.3 Å². The molecule has 3 aromatic rings. The molecule has 0 saturated carbocycles. The van der Waals surface area contributed by atoms with Crippen LogP contribution in [0.15, 0.2) is 48.5 Å². The highest BCUT2D eigenvalue weighted by Gasteiger charge is 2.11. The number of nitrogens with two attached hydrogens (primary N) is 1. The summed E-state index contributed by atoms with van der Waals surface area (Å²) in [5.74, 6) is 3.37. The summed E-state index contributed by atoms with van der Waals surface area (Å²) in [6, 6.07) is 14.8. The van der Waals surface area contributed by atoms with Crippen LogP contribution in [0.5, 0.6) is 17.2 Å². The minimum atomic E-state index is 0.353. The molecular weight excluding hydrogens is 344 g/mol. The van der Waals surface area contributed by atoms with Crippen molar-refractivity contribution in [3.8, 4) is 28.6 Å². The summed E-state index contributed by atoms with van der Waals surface area (Å²) in [4.78, 5) is 8.91. The number of anilines is 3. The molecule has 0 saturated heterocycles. The van der Waals surface area contributed by atoms with E-state index in [1.165, 1.54) is 0 Å². The van der Waals surface area contributed by atoms with Crippen LogP contribution in [0.25, 0.3) is 11.4 Å².